The van der Waals surface area contributed by atoms with Gasteiger partial charge in [0.1, 0.15) is 17.5 Å². The van der Waals surface area contributed by atoms with E-state index in [0.29, 0.717) is 5.82 Å². The van der Waals surface area contributed by atoms with Crippen LogP contribution in [0, 0.1) is 6.92 Å². The summed E-state index contributed by atoms with van der Waals surface area (Å²) < 4.78 is 0. The maximum Gasteiger partial charge on any atom is 0.135 e. The standard InChI is InChI=1S/C18H24N6/c1-13-21-16-5-3-2-4-15(16)18(22-13)24-10-8-23(9-11-24)14-6-7-17(19)20-12-14/h6-7,12H,2-5,8-11H2,1H3,(H2,19,20). The van der Waals surface area contributed by atoms with Crippen molar-refractivity contribution in [1.82, 2.24) is 15.0 Å². The molecular weight excluding hydrogens is 300 g/mol. The number of pyridine rings is 1. The highest BCUT2D eigenvalue weighted by Gasteiger charge is 2.24. The molecule has 2 aromatic heterocycles. The van der Waals surface area contributed by atoms with E-state index in [-0.39, 0.29) is 0 Å². The first kappa shape index (κ1) is 15.2. The first-order valence-corrected chi connectivity index (χ1v) is 8.78. The molecule has 6 heteroatoms. The van der Waals surface area contributed by atoms with Crippen LogP contribution in [0.25, 0.3) is 0 Å². The van der Waals surface area contributed by atoms with E-state index >= 15 is 0 Å². The zero-order valence-electron chi connectivity index (χ0n) is 14.2. The van der Waals surface area contributed by atoms with Gasteiger partial charge < -0.3 is 15.5 Å². The number of nitrogens with two attached hydrogens (primary N) is 1. The summed E-state index contributed by atoms with van der Waals surface area (Å²) in [4.78, 5) is 18.5. The maximum absolute atomic E-state index is 5.68. The zero-order chi connectivity index (χ0) is 16.5. The summed E-state index contributed by atoms with van der Waals surface area (Å²) in [6, 6.07) is 3.92. The fourth-order valence-corrected chi connectivity index (χ4v) is 3.72. The Hall–Kier alpha value is -2.37. The van der Waals surface area contributed by atoms with Crippen LogP contribution in [0.15, 0.2) is 18.3 Å². The highest BCUT2D eigenvalue weighted by molar-refractivity contribution is 5.54. The van der Waals surface area contributed by atoms with Crippen molar-refractivity contribution in [2.75, 3.05) is 41.7 Å². The van der Waals surface area contributed by atoms with Gasteiger partial charge >= 0.3 is 0 Å². The van der Waals surface area contributed by atoms with Crippen LogP contribution in [0.2, 0.25) is 0 Å². The number of nitrogens with zero attached hydrogens (tertiary/aromatic N) is 5. The topological polar surface area (TPSA) is 71.2 Å². The molecule has 0 aromatic carbocycles. The molecule has 0 radical (unpaired) electrons. The van der Waals surface area contributed by atoms with Crippen molar-refractivity contribution in [3.63, 3.8) is 0 Å². The van der Waals surface area contributed by atoms with Gasteiger partial charge in [-0.15, -0.1) is 0 Å². The molecule has 0 amide bonds. The molecule has 0 unspecified atom stereocenters. The van der Waals surface area contributed by atoms with Crippen molar-refractivity contribution in [3.8, 4) is 0 Å². The third-order valence-corrected chi connectivity index (χ3v) is 4.99. The van der Waals surface area contributed by atoms with Crippen LogP contribution in [0.4, 0.5) is 17.3 Å². The number of piperazine rings is 1. The summed E-state index contributed by atoms with van der Waals surface area (Å²) in [5.74, 6) is 2.64. The zero-order valence-corrected chi connectivity index (χ0v) is 14.2. The minimum Gasteiger partial charge on any atom is -0.384 e. The molecule has 2 aliphatic rings. The van der Waals surface area contributed by atoms with Crippen LogP contribution in [0.3, 0.4) is 0 Å². The second-order valence-corrected chi connectivity index (χ2v) is 6.64. The molecule has 126 valence electrons. The molecule has 0 spiro atoms. The van der Waals surface area contributed by atoms with Crippen molar-refractivity contribution >= 4 is 17.3 Å². The number of aromatic nitrogens is 3. The van der Waals surface area contributed by atoms with Crippen LogP contribution in [-0.4, -0.2) is 41.1 Å². The first-order valence-electron chi connectivity index (χ1n) is 8.78. The second kappa shape index (κ2) is 6.26. The molecule has 0 bridgehead atoms. The third-order valence-electron chi connectivity index (χ3n) is 4.99. The first-order chi connectivity index (χ1) is 11.7. The summed E-state index contributed by atoms with van der Waals surface area (Å²) in [7, 11) is 0. The number of nitrogen functional groups attached to an aromatic ring is 1. The summed E-state index contributed by atoms with van der Waals surface area (Å²) in [6.07, 6.45) is 6.59. The van der Waals surface area contributed by atoms with Gasteiger partial charge in [-0.3, -0.25) is 0 Å². The molecule has 1 aliphatic carbocycles. The molecule has 2 aromatic rings. The van der Waals surface area contributed by atoms with E-state index in [9.17, 15) is 0 Å². The van der Waals surface area contributed by atoms with Gasteiger partial charge in [-0.25, -0.2) is 15.0 Å². The summed E-state index contributed by atoms with van der Waals surface area (Å²) in [6.45, 7) is 5.92. The van der Waals surface area contributed by atoms with Crippen LogP contribution in [-0.2, 0) is 12.8 Å². The van der Waals surface area contributed by atoms with Gasteiger partial charge in [0.15, 0.2) is 0 Å². The lowest BCUT2D eigenvalue weighted by Crippen LogP contribution is -2.47. The predicted molar refractivity (Wildman–Crippen MR) is 96.5 cm³/mol. The quantitative estimate of drug-likeness (QED) is 0.910. The van der Waals surface area contributed by atoms with E-state index in [1.165, 1.54) is 29.9 Å². The van der Waals surface area contributed by atoms with E-state index in [0.717, 1.165) is 50.5 Å². The molecule has 4 rings (SSSR count). The number of hydrogen-bond donors (Lipinski definition) is 1. The molecule has 1 aliphatic heterocycles. The Labute approximate surface area is 142 Å². The molecule has 6 nitrogen and oxygen atoms in total. The molecule has 2 N–H and O–H groups in total. The van der Waals surface area contributed by atoms with Gasteiger partial charge in [-0.2, -0.15) is 0 Å². The molecule has 3 heterocycles. The average molecular weight is 324 g/mol. The van der Waals surface area contributed by atoms with Gasteiger partial charge in [-0.05, 0) is 44.7 Å². The third kappa shape index (κ3) is 2.88. The lowest BCUT2D eigenvalue weighted by Gasteiger charge is -2.38. The molecule has 0 saturated carbocycles. The van der Waals surface area contributed by atoms with E-state index in [1.807, 2.05) is 19.2 Å². The van der Waals surface area contributed by atoms with Crippen molar-refractivity contribution in [2.24, 2.45) is 0 Å². The lowest BCUT2D eigenvalue weighted by atomic mass is 9.96. The van der Waals surface area contributed by atoms with Gasteiger partial charge in [0.2, 0.25) is 0 Å². The second-order valence-electron chi connectivity index (χ2n) is 6.64. The minimum atomic E-state index is 0.570. The fourth-order valence-electron chi connectivity index (χ4n) is 3.72. The number of fused-ring (bicyclic) bond motifs is 1. The van der Waals surface area contributed by atoms with Crippen LogP contribution < -0.4 is 15.5 Å². The number of hydrogen-bond acceptors (Lipinski definition) is 6. The van der Waals surface area contributed by atoms with Crippen LogP contribution in [0.5, 0.6) is 0 Å². The predicted octanol–water partition coefficient (Wildman–Crippen LogP) is 1.97. The monoisotopic (exact) mass is 324 g/mol. The number of anilines is 3. The van der Waals surface area contributed by atoms with Crippen LogP contribution >= 0.6 is 0 Å². The SMILES string of the molecule is Cc1nc2c(c(N3CCN(c4ccc(N)nc4)CC3)n1)CCCC2. The molecule has 0 atom stereocenters. The Bertz CT molecular complexity index is 719. The smallest absolute Gasteiger partial charge is 0.135 e. The van der Waals surface area contributed by atoms with Crippen molar-refractivity contribution in [1.29, 1.82) is 0 Å². The van der Waals surface area contributed by atoms with E-state index < -0.39 is 0 Å². The van der Waals surface area contributed by atoms with Crippen molar-refractivity contribution in [3.05, 3.63) is 35.4 Å². The fraction of sp³-hybridized carbons (Fsp3) is 0.500. The Morgan fingerprint density at radius 1 is 0.958 bits per heavy atom. The van der Waals surface area contributed by atoms with Crippen molar-refractivity contribution < 1.29 is 0 Å². The Morgan fingerprint density at radius 3 is 2.46 bits per heavy atom. The van der Waals surface area contributed by atoms with Gasteiger partial charge in [0, 0.05) is 37.4 Å². The van der Waals surface area contributed by atoms with E-state index in [1.54, 1.807) is 0 Å². The van der Waals surface area contributed by atoms with Gasteiger partial charge in [-0.1, -0.05) is 0 Å². The highest BCUT2D eigenvalue weighted by Crippen LogP contribution is 2.29. The average Bonchev–Trinajstić information content (AvgIpc) is 2.62. The van der Waals surface area contributed by atoms with Gasteiger partial charge in [0.25, 0.3) is 0 Å². The summed E-state index contributed by atoms with van der Waals surface area (Å²) >= 11 is 0. The summed E-state index contributed by atoms with van der Waals surface area (Å²) in [5.41, 5.74) is 9.48. The van der Waals surface area contributed by atoms with Crippen LogP contribution in [0.1, 0.15) is 29.9 Å². The van der Waals surface area contributed by atoms with E-state index in [2.05, 4.69) is 25.8 Å². The Morgan fingerprint density at radius 2 is 1.71 bits per heavy atom. The number of aryl methyl sites for hydroxylation is 2. The molecule has 1 saturated heterocycles. The summed E-state index contributed by atoms with van der Waals surface area (Å²) in [5, 5.41) is 0. The molecule has 1 fully saturated rings. The Kier molecular flexibility index (Phi) is 3.96. The Balaban J connectivity index is 1.52. The largest absolute Gasteiger partial charge is 0.384 e. The normalized spacial score (nSPS) is 17.7. The molecule has 24 heavy (non-hydrogen) atoms. The minimum absolute atomic E-state index is 0.570. The number of rotatable bonds is 2. The molecular formula is C18H24N6. The van der Waals surface area contributed by atoms with E-state index in [4.69, 9.17) is 10.7 Å². The lowest BCUT2D eigenvalue weighted by molar-refractivity contribution is 0.620. The van der Waals surface area contributed by atoms with Gasteiger partial charge in [0.05, 0.1) is 11.9 Å². The maximum atomic E-state index is 5.68. The van der Waals surface area contributed by atoms with Crippen molar-refractivity contribution in [2.45, 2.75) is 32.6 Å². The highest BCUT2D eigenvalue weighted by atomic mass is 15.3.